The summed E-state index contributed by atoms with van der Waals surface area (Å²) >= 11 is 35.5. The SMILES string of the molecule is CC(C)Oc1ccc(C(=O)N[C@@H](CC#N)C(=O)O)cc1Cl.CC(C)Oc1ccc(C(=O)Oc2c(F)c(F)c(F)c(F)c2F)cc1Cl.CNC(=O)[C@H](C/C(N)=N/O)NC(=O)c1ccc(OC(C)C)c(Cl)c1.CNC(=O)[C@H](CC#N)NC(=O)c1ccc(OC(C)C)c(Cl)c1.CNC(=O)[C@H](Cc1noc(-c2ccccc2)n1)NC(=O)c1ccc(OC(C)C)c(Cl)c1.N#CC[C@H](N)OO.O=C(Cl)c1ccccc1. The molecule has 0 aliphatic rings. The molecule has 0 bridgehead atoms. The van der Waals surface area contributed by atoms with Gasteiger partial charge in [-0.3, -0.25) is 43.6 Å². The van der Waals surface area contributed by atoms with Crippen molar-refractivity contribution in [3.8, 4) is 64.2 Å². The van der Waals surface area contributed by atoms with Crippen LogP contribution in [0.3, 0.4) is 0 Å². The normalized spacial score (nSPS) is 11.6. The number of hydrogen-bond donors (Lipinski definition) is 12. The molecule has 0 radical (unpaired) electrons. The molecule has 744 valence electrons. The lowest BCUT2D eigenvalue weighted by molar-refractivity contribution is -0.275. The van der Waals surface area contributed by atoms with Crippen LogP contribution in [0.4, 0.5) is 22.0 Å². The largest absolute Gasteiger partial charge is 0.489 e. The molecule has 0 aliphatic heterocycles. The maximum Gasteiger partial charge on any atom is 0.343 e. The summed E-state index contributed by atoms with van der Waals surface area (Å²) in [4.78, 5) is 126. The highest BCUT2D eigenvalue weighted by atomic mass is 35.5. The average molecular weight is 2060 g/mol. The monoisotopic (exact) mass is 2050 g/mol. The Morgan fingerprint density at radius 3 is 1.09 bits per heavy atom. The van der Waals surface area contributed by atoms with Crippen LogP contribution in [0.1, 0.15) is 163 Å². The van der Waals surface area contributed by atoms with Crippen LogP contribution in [0, 0.1) is 63.1 Å². The molecule has 7 amide bonds. The molecular formula is C92H98Cl6F5N15O21. The summed E-state index contributed by atoms with van der Waals surface area (Å²) in [6, 6.07) is 41.0. The third-order valence-corrected chi connectivity index (χ3v) is 18.5. The van der Waals surface area contributed by atoms with E-state index in [0.29, 0.717) is 55.9 Å². The maximum absolute atomic E-state index is 13.5. The molecule has 8 aromatic carbocycles. The summed E-state index contributed by atoms with van der Waals surface area (Å²) < 4.78 is 103. The van der Waals surface area contributed by atoms with Gasteiger partial charge >= 0.3 is 11.9 Å². The van der Waals surface area contributed by atoms with E-state index in [-0.39, 0.29) is 117 Å². The van der Waals surface area contributed by atoms with Gasteiger partial charge in [-0.1, -0.05) is 117 Å². The Kier molecular flexibility index (Phi) is 52.3. The molecule has 0 unspecified atom stereocenters. The predicted molar refractivity (Wildman–Crippen MR) is 503 cm³/mol. The lowest BCUT2D eigenvalue weighted by Gasteiger charge is -2.17. The number of ether oxygens (including phenoxy) is 6. The fourth-order valence-electron chi connectivity index (χ4n) is 10.4. The summed E-state index contributed by atoms with van der Waals surface area (Å²) in [5, 5.41) is 75.1. The van der Waals surface area contributed by atoms with Crippen LogP contribution in [-0.4, -0.2) is 172 Å². The number of halogens is 11. The van der Waals surface area contributed by atoms with Crippen molar-refractivity contribution in [3.63, 3.8) is 0 Å². The summed E-state index contributed by atoms with van der Waals surface area (Å²) in [7, 11) is 4.35. The Hall–Kier alpha value is -14.2. The minimum Gasteiger partial charge on any atom is -0.489 e. The fraction of sp³-hybridized carbons (Fsp3) is 0.304. The molecule has 139 heavy (non-hydrogen) atoms. The van der Waals surface area contributed by atoms with Gasteiger partial charge in [-0.2, -0.15) is 29.6 Å². The molecule has 0 saturated carbocycles. The van der Waals surface area contributed by atoms with Crippen LogP contribution in [0.25, 0.3) is 11.5 Å². The third-order valence-electron chi connectivity index (χ3n) is 16.8. The number of nitrogens with two attached hydrogens (primary N) is 2. The second-order valence-corrected chi connectivity index (χ2v) is 31.8. The predicted octanol–water partition coefficient (Wildman–Crippen LogP) is 15.3. The Morgan fingerprint density at radius 2 is 0.770 bits per heavy atom. The number of aromatic nitrogens is 2. The Labute approximate surface area is 824 Å². The number of nitriles is 3. The molecular weight excluding hydrogens is 1960 g/mol. The van der Waals surface area contributed by atoms with Crippen molar-refractivity contribution in [1.29, 1.82) is 15.8 Å². The van der Waals surface area contributed by atoms with Crippen LogP contribution >= 0.6 is 69.6 Å². The summed E-state index contributed by atoms with van der Waals surface area (Å²) in [5.74, 6) is -16.4. The van der Waals surface area contributed by atoms with Crippen LogP contribution < -0.4 is 77.1 Å². The molecule has 0 fully saturated rings. The highest BCUT2D eigenvalue weighted by Gasteiger charge is 2.32. The van der Waals surface area contributed by atoms with E-state index in [9.17, 15) is 69.9 Å². The van der Waals surface area contributed by atoms with Gasteiger partial charge in [0, 0.05) is 67.4 Å². The molecule has 14 N–H and O–H groups in total. The van der Waals surface area contributed by atoms with Crippen LogP contribution in [-0.2, 0) is 30.5 Å². The van der Waals surface area contributed by atoms with Crippen molar-refractivity contribution >= 4 is 134 Å². The zero-order chi connectivity index (χ0) is 105. The zero-order valence-corrected chi connectivity index (χ0v) is 81.0. The topological polar surface area (TPSA) is 555 Å². The van der Waals surface area contributed by atoms with Gasteiger partial charge in [0.2, 0.25) is 52.6 Å². The molecule has 9 aromatic rings. The van der Waals surface area contributed by atoms with Crippen LogP contribution in [0.2, 0.25) is 25.1 Å². The number of carbonyl (C=O) groups is 10. The van der Waals surface area contributed by atoms with E-state index in [1.165, 1.54) is 69.7 Å². The van der Waals surface area contributed by atoms with Gasteiger partial charge < -0.3 is 91.9 Å². The number of nitrogens with one attached hydrogen (secondary N) is 7. The number of hydrogen-bond acceptors (Lipinski definition) is 27. The molecule has 0 saturated heterocycles. The van der Waals surface area contributed by atoms with E-state index < -0.39 is 118 Å². The summed E-state index contributed by atoms with van der Waals surface area (Å²) in [5.41, 5.74) is 12.4. The van der Waals surface area contributed by atoms with E-state index in [1.54, 1.807) is 80.6 Å². The van der Waals surface area contributed by atoms with Gasteiger partial charge in [0.05, 0.1) is 98.7 Å². The maximum atomic E-state index is 13.5. The summed E-state index contributed by atoms with van der Waals surface area (Å²) in [6.45, 7) is 18.4. The average Bonchev–Trinajstić information content (AvgIpc) is 1.19. The van der Waals surface area contributed by atoms with Crippen molar-refractivity contribution in [1.82, 2.24) is 47.4 Å². The lowest BCUT2D eigenvalue weighted by Crippen LogP contribution is -2.47. The molecule has 0 aliphatic carbocycles. The molecule has 9 rings (SSSR count). The van der Waals surface area contributed by atoms with Gasteiger partial charge in [0.25, 0.3) is 34.8 Å². The zero-order valence-electron chi connectivity index (χ0n) is 76.4. The number of carboxylic acid groups (broad SMARTS) is 1. The highest BCUT2D eigenvalue weighted by molar-refractivity contribution is 6.67. The van der Waals surface area contributed by atoms with Crippen molar-refractivity contribution in [2.24, 2.45) is 16.6 Å². The van der Waals surface area contributed by atoms with Crippen molar-refractivity contribution in [2.75, 3.05) is 21.1 Å². The number of aliphatic carboxylic acids is 1. The first-order valence-corrected chi connectivity index (χ1v) is 43.3. The second kappa shape index (κ2) is 61.1. The number of likely N-dealkylation sites (N-methyl/N-ethyl adjacent to an activating group) is 3. The number of benzene rings is 8. The van der Waals surface area contributed by atoms with Crippen molar-refractivity contribution in [3.05, 3.63) is 245 Å². The quantitative estimate of drug-likeness (QED) is 0.00145. The van der Waals surface area contributed by atoms with E-state index in [2.05, 4.69) is 62.1 Å². The Morgan fingerprint density at radius 1 is 0.453 bits per heavy atom. The Balaban J connectivity index is 0.000000431. The third kappa shape index (κ3) is 41.3. The lowest BCUT2D eigenvalue weighted by atomic mass is 10.1. The van der Waals surface area contributed by atoms with Crippen LogP contribution in [0.5, 0.6) is 34.5 Å². The molecule has 5 atom stereocenters. The van der Waals surface area contributed by atoms with Crippen molar-refractivity contribution in [2.45, 2.75) is 162 Å². The molecule has 1 aromatic heterocycles. The van der Waals surface area contributed by atoms with Gasteiger partial charge in [-0.25, -0.2) is 27.6 Å². The minimum atomic E-state index is -2.35. The second-order valence-electron chi connectivity index (χ2n) is 29.4. The number of esters is 1. The molecule has 36 nitrogen and oxygen atoms in total. The first-order chi connectivity index (χ1) is 65.6. The van der Waals surface area contributed by atoms with Gasteiger partial charge in [-0.15, -0.1) is 0 Å². The number of amides is 7. The summed E-state index contributed by atoms with van der Waals surface area (Å²) in [6.07, 6.45) is -1.76. The minimum absolute atomic E-state index is 0.000520. The first-order valence-electron chi connectivity index (χ1n) is 41.0. The van der Waals surface area contributed by atoms with E-state index in [0.717, 1.165) is 17.7 Å². The number of amidine groups is 1. The highest BCUT2D eigenvalue weighted by Crippen LogP contribution is 2.34. The van der Waals surface area contributed by atoms with E-state index >= 15 is 0 Å². The van der Waals surface area contributed by atoms with E-state index in [1.807, 2.05) is 97.9 Å². The number of carbonyl (C=O) groups excluding carboxylic acids is 9. The van der Waals surface area contributed by atoms with Crippen molar-refractivity contribution < 1.29 is 123 Å². The number of nitrogens with zero attached hydrogens (tertiary/aromatic N) is 6. The fourth-order valence-corrected chi connectivity index (χ4v) is 11.7. The number of rotatable bonds is 34. The Bertz CT molecular complexity index is 5810. The first kappa shape index (κ1) is 119. The van der Waals surface area contributed by atoms with Crippen LogP contribution in [0.15, 0.2) is 161 Å². The molecule has 1 heterocycles. The van der Waals surface area contributed by atoms with Gasteiger partial charge in [0.15, 0.2) is 12.1 Å². The standard InChI is InChI=1S/C22H23ClN4O4.C16H10ClF5O3.C15H21ClN4O4.C15H18ClN3O3.C14H15ClN2O4.C7H5ClO.C3H6N2O2/c1-13(2)30-18-10-9-15(11-16(18)23)20(28)25-17(21(29)24-3)12-19-26-22(31-27-19)14-7-5-4-6-8-14;1-6(2)24-9-4-3-7(5-8(9)17)16(23)25-15-13(21)11(19)10(18)12(20)14(15)22;1-8(2)24-12-5-4-9(6-10(12)16)14(21)19-11(15(22)18-3)7-13(17)20-23;1-9(2)22-13-5-4-10(8-11(13)16)14(20)19-12(6-7-17)15(21)18-3;1-8(2)21-12-4-3-9(7-10(12)15)13(18)17-11(5-6-16)14(19)20;8-7(9)6-4-2-1-3-5-6;4-2-1-3(5)7-6/h4-11,13,17H,12H2,1-3H3,(H,24,29)(H,25,28);3-6H,1-2H3;4-6,8,11,23H,7H2,1-3H3,(H2,17,20)(H,18,22)(H,19,21);4-5,8-9,12H,6H2,1-3H3,(H,18,21)(H,19,20);3-4,7-8,11H,5H2,1-2H3,(H,17,18)(H,19,20);1-5H;3,6H,1,5H2/t17-;;11-;12-;11-;;3-/m0.000.1/s1. The molecule has 47 heteroatoms. The van der Waals surface area contributed by atoms with Gasteiger partial charge in [-0.05, 0) is 184 Å². The molecule has 0 spiro atoms. The smallest absolute Gasteiger partial charge is 0.343 e. The van der Waals surface area contributed by atoms with E-state index in [4.69, 9.17) is 141 Å². The number of carboxylic acids is 1. The number of oxime groups is 1. The van der Waals surface area contributed by atoms with Gasteiger partial charge in [0.1, 0.15) is 58.8 Å².